The van der Waals surface area contributed by atoms with Gasteiger partial charge in [-0.05, 0) is 38.1 Å². The standard InChI is InChI=1S/C19H20N4O4S/c1-14-9-11-17(12-10-14)28(26,27)22(13-24)20-18-15(2)21(3)23(19(18)25)16-7-5-4-6-8-16/h4-13,20H,1-3H3. The minimum absolute atomic E-state index is 0.00543. The number of hydrogen-bond donors (Lipinski definition) is 1. The molecule has 0 fully saturated rings. The lowest BCUT2D eigenvalue weighted by atomic mass is 10.2. The van der Waals surface area contributed by atoms with Crippen LogP contribution in [0.5, 0.6) is 0 Å². The predicted octanol–water partition coefficient (Wildman–Crippen LogP) is 1.97. The first-order valence-electron chi connectivity index (χ1n) is 8.44. The minimum atomic E-state index is -4.17. The number of hydrogen-bond acceptors (Lipinski definition) is 5. The monoisotopic (exact) mass is 400 g/mol. The quantitative estimate of drug-likeness (QED) is 0.504. The molecule has 0 aliphatic rings. The zero-order chi connectivity index (χ0) is 20.5. The first-order valence-corrected chi connectivity index (χ1v) is 9.88. The van der Waals surface area contributed by atoms with Crippen molar-refractivity contribution in [3.8, 4) is 5.69 Å². The van der Waals surface area contributed by atoms with Crippen LogP contribution in [0.2, 0.25) is 0 Å². The number of amides is 1. The van der Waals surface area contributed by atoms with E-state index in [1.54, 1.807) is 55.1 Å². The van der Waals surface area contributed by atoms with E-state index in [0.717, 1.165) is 5.56 Å². The first kappa shape index (κ1) is 19.4. The van der Waals surface area contributed by atoms with E-state index < -0.39 is 15.6 Å². The van der Waals surface area contributed by atoms with E-state index in [1.807, 2.05) is 13.0 Å². The van der Waals surface area contributed by atoms with Crippen LogP contribution in [0.4, 0.5) is 5.69 Å². The van der Waals surface area contributed by atoms with Crippen LogP contribution in [0, 0.1) is 13.8 Å². The van der Waals surface area contributed by atoms with Crippen molar-refractivity contribution in [2.24, 2.45) is 7.05 Å². The molecule has 0 aliphatic heterocycles. The van der Waals surface area contributed by atoms with Crippen molar-refractivity contribution < 1.29 is 13.2 Å². The molecule has 9 heteroatoms. The molecule has 1 N–H and O–H groups in total. The third kappa shape index (κ3) is 3.31. The van der Waals surface area contributed by atoms with Crippen molar-refractivity contribution >= 4 is 22.1 Å². The van der Waals surface area contributed by atoms with Gasteiger partial charge in [0.05, 0.1) is 16.3 Å². The molecule has 1 amide bonds. The molecule has 146 valence electrons. The van der Waals surface area contributed by atoms with E-state index in [-0.39, 0.29) is 17.0 Å². The lowest BCUT2D eigenvalue weighted by molar-refractivity contribution is -0.113. The third-order valence-electron chi connectivity index (χ3n) is 4.45. The number of carbonyl (C=O) groups excluding carboxylic acids is 1. The number of aryl methyl sites for hydroxylation is 1. The Morgan fingerprint density at radius 1 is 1.00 bits per heavy atom. The zero-order valence-corrected chi connectivity index (χ0v) is 16.5. The van der Waals surface area contributed by atoms with Gasteiger partial charge in [-0.15, -0.1) is 4.41 Å². The van der Waals surface area contributed by atoms with Crippen LogP contribution in [0.25, 0.3) is 5.69 Å². The Labute approximate surface area is 162 Å². The molecule has 28 heavy (non-hydrogen) atoms. The van der Waals surface area contributed by atoms with E-state index in [0.29, 0.717) is 15.8 Å². The lowest BCUT2D eigenvalue weighted by Crippen LogP contribution is -2.37. The molecule has 0 aliphatic carbocycles. The molecular weight excluding hydrogens is 380 g/mol. The van der Waals surface area contributed by atoms with Crippen LogP contribution in [-0.4, -0.2) is 28.6 Å². The average Bonchev–Trinajstić information content (AvgIpc) is 2.89. The van der Waals surface area contributed by atoms with E-state index >= 15 is 0 Å². The summed E-state index contributed by atoms with van der Waals surface area (Å²) in [5.41, 5.74) is 3.96. The highest BCUT2D eigenvalue weighted by Crippen LogP contribution is 2.19. The molecule has 0 spiro atoms. The number of hydrazine groups is 1. The van der Waals surface area contributed by atoms with Crippen molar-refractivity contribution in [1.82, 2.24) is 13.8 Å². The molecule has 0 bridgehead atoms. The molecule has 1 aromatic heterocycles. The second-order valence-electron chi connectivity index (χ2n) is 6.27. The van der Waals surface area contributed by atoms with Gasteiger partial charge in [-0.3, -0.25) is 19.7 Å². The molecular formula is C19H20N4O4S. The minimum Gasteiger partial charge on any atom is -0.283 e. The Morgan fingerprint density at radius 2 is 1.61 bits per heavy atom. The van der Waals surface area contributed by atoms with Crippen molar-refractivity contribution in [2.45, 2.75) is 18.7 Å². The summed E-state index contributed by atoms with van der Waals surface area (Å²) >= 11 is 0. The highest BCUT2D eigenvalue weighted by molar-refractivity contribution is 7.89. The smallest absolute Gasteiger partial charge is 0.283 e. The van der Waals surface area contributed by atoms with Crippen LogP contribution in [0.15, 0.2) is 64.3 Å². The highest BCUT2D eigenvalue weighted by Gasteiger charge is 2.26. The molecule has 0 saturated heterocycles. The summed E-state index contributed by atoms with van der Waals surface area (Å²) in [5.74, 6) is 0. The van der Waals surface area contributed by atoms with Crippen LogP contribution < -0.4 is 11.0 Å². The molecule has 3 rings (SSSR count). The van der Waals surface area contributed by atoms with Gasteiger partial charge >= 0.3 is 0 Å². The number of benzene rings is 2. The van der Waals surface area contributed by atoms with Crippen molar-refractivity contribution in [3.63, 3.8) is 0 Å². The number of carbonyl (C=O) groups is 1. The average molecular weight is 400 g/mol. The number of sulfonamides is 1. The SMILES string of the molecule is Cc1ccc(S(=O)(=O)N(C=O)Nc2c(C)n(C)n(-c3ccccc3)c2=O)cc1. The van der Waals surface area contributed by atoms with E-state index in [1.165, 1.54) is 16.8 Å². The fourth-order valence-electron chi connectivity index (χ4n) is 2.77. The van der Waals surface area contributed by atoms with Crippen LogP contribution in [0.1, 0.15) is 11.3 Å². The zero-order valence-electron chi connectivity index (χ0n) is 15.7. The highest BCUT2D eigenvalue weighted by atomic mass is 32.2. The fraction of sp³-hybridized carbons (Fsp3) is 0.158. The van der Waals surface area contributed by atoms with Gasteiger partial charge in [-0.25, -0.2) is 4.68 Å². The number of nitrogens with zero attached hydrogens (tertiary/aromatic N) is 3. The Bertz CT molecular complexity index is 1160. The topological polar surface area (TPSA) is 93.4 Å². The molecule has 1 heterocycles. The molecule has 2 aromatic carbocycles. The van der Waals surface area contributed by atoms with Crippen molar-refractivity contribution in [2.75, 3.05) is 5.43 Å². The summed E-state index contributed by atoms with van der Waals surface area (Å²) in [4.78, 5) is 24.4. The Morgan fingerprint density at radius 3 is 2.18 bits per heavy atom. The number of aromatic nitrogens is 2. The fourth-order valence-corrected chi connectivity index (χ4v) is 3.81. The van der Waals surface area contributed by atoms with Gasteiger partial charge in [0.1, 0.15) is 5.69 Å². The normalized spacial score (nSPS) is 11.2. The van der Waals surface area contributed by atoms with Gasteiger partial charge in [-0.2, -0.15) is 8.42 Å². The summed E-state index contributed by atoms with van der Waals surface area (Å²) in [6.45, 7) is 3.48. The summed E-state index contributed by atoms with van der Waals surface area (Å²) in [6, 6.07) is 15.0. The molecule has 3 aromatic rings. The molecule has 8 nitrogen and oxygen atoms in total. The second kappa shape index (κ2) is 7.35. The number of rotatable bonds is 6. The molecule has 0 radical (unpaired) electrons. The molecule has 0 atom stereocenters. The van der Waals surface area contributed by atoms with Gasteiger partial charge in [-0.1, -0.05) is 35.9 Å². The molecule has 0 saturated carbocycles. The largest absolute Gasteiger partial charge is 0.296 e. The van der Waals surface area contributed by atoms with E-state index in [2.05, 4.69) is 5.43 Å². The summed E-state index contributed by atoms with van der Waals surface area (Å²) in [6.07, 6.45) is 0.133. The Kier molecular flexibility index (Phi) is 5.10. The van der Waals surface area contributed by atoms with Gasteiger partial charge in [0.2, 0.25) is 6.41 Å². The maximum absolute atomic E-state index is 12.9. The van der Waals surface area contributed by atoms with Crippen molar-refractivity contribution in [1.29, 1.82) is 0 Å². The number of anilines is 1. The van der Waals surface area contributed by atoms with Crippen LogP contribution >= 0.6 is 0 Å². The van der Waals surface area contributed by atoms with Crippen molar-refractivity contribution in [3.05, 3.63) is 76.2 Å². The maximum atomic E-state index is 12.9. The molecule has 0 unspecified atom stereocenters. The van der Waals surface area contributed by atoms with E-state index in [4.69, 9.17) is 0 Å². The van der Waals surface area contributed by atoms with Gasteiger partial charge < -0.3 is 0 Å². The summed E-state index contributed by atoms with van der Waals surface area (Å²) in [7, 11) is -2.50. The lowest BCUT2D eigenvalue weighted by Gasteiger charge is -2.18. The van der Waals surface area contributed by atoms with Gasteiger partial charge in [0, 0.05) is 7.05 Å². The Balaban J connectivity index is 2.04. The van der Waals surface area contributed by atoms with Gasteiger partial charge in [0.25, 0.3) is 15.6 Å². The van der Waals surface area contributed by atoms with E-state index in [9.17, 15) is 18.0 Å². The first-order chi connectivity index (χ1) is 13.3. The second-order valence-corrected chi connectivity index (χ2v) is 8.08. The number of para-hydroxylation sites is 1. The summed E-state index contributed by atoms with van der Waals surface area (Å²) in [5, 5.41) is 0. The van der Waals surface area contributed by atoms with Gasteiger partial charge in [0.15, 0.2) is 0 Å². The Hall–Kier alpha value is -3.33. The maximum Gasteiger partial charge on any atom is 0.296 e. The predicted molar refractivity (Wildman–Crippen MR) is 106 cm³/mol. The number of nitrogens with one attached hydrogen (secondary N) is 1. The van der Waals surface area contributed by atoms with Crippen LogP contribution in [-0.2, 0) is 21.9 Å². The van der Waals surface area contributed by atoms with Crippen LogP contribution in [0.3, 0.4) is 0 Å². The third-order valence-corrected chi connectivity index (χ3v) is 6.01. The summed E-state index contributed by atoms with van der Waals surface area (Å²) < 4.78 is 28.9.